The van der Waals surface area contributed by atoms with Gasteiger partial charge >= 0.3 is 5.97 Å². The van der Waals surface area contributed by atoms with Crippen molar-refractivity contribution >= 4 is 11.7 Å². The molecule has 0 spiro atoms. The summed E-state index contributed by atoms with van der Waals surface area (Å²) in [6.07, 6.45) is 2.45. The fourth-order valence-corrected chi connectivity index (χ4v) is 1.58. The molecule has 0 atom stereocenters. The quantitative estimate of drug-likeness (QED) is 0.880. The first-order valence-corrected chi connectivity index (χ1v) is 5.57. The number of aromatic nitrogens is 2. The molecule has 0 saturated carbocycles. The molecule has 7 heteroatoms. The van der Waals surface area contributed by atoms with Gasteiger partial charge in [-0.15, -0.1) is 0 Å². The predicted molar refractivity (Wildman–Crippen MR) is 67.4 cm³/mol. The molecule has 6 nitrogen and oxygen atoms in total. The molecule has 0 aliphatic heterocycles. The molecule has 0 aliphatic carbocycles. The van der Waals surface area contributed by atoms with Gasteiger partial charge in [-0.05, 0) is 18.2 Å². The Kier molecular flexibility index (Phi) is 3.86. The Morgan fingerprint density at radius 3 is 3.00 bits per heavy atom. The number of carboxylic acid groups (broad SMARTS) is 1. The first-order valence-electron chi connectivity index (χ1n) is 5.57. The number of rotatable bonds is 4. The summed E-state index contributed by atoms with van der Waals surface area (Å²) in [6, 6.07) is 5.69. The van der Waals surface area contributed by atoms with Crippen LogP contribution in [0.2, 0.25) is 0 Å². The monoisotopic (exact) mass is 272 g/mol. The van der Waals surface area contributed by atoms with Gasteiger partial charge in [-0.25, -0.2) is 19.2 Å². The highest BCUT2D eigenvalue weighted by Gasteiger charge is 2.11. The van der Waals surface area contributed by atoms with Crippen molar-refractivity contribution in [3.8, 4) is 6.07 Å². The third kappa shape index (κ3) is 2.87. The molecule has 0 unspecified atom stereocenters. The van der Waals surface area contributed by atoms with Crippen LogP contribution in [-0.4, -0.2) is 21.0 Å². The Morgan fingerprint density at radius 1 is 1.50 bits per heavy atom. The first-order chi connectivity index (χ1) is 9.61. The van der Waals surface area contributed by atoms with Crippen LogP contribution in [0, 0.1) is 17.1 Å². The Hall–Kier alpha value is -3.01. The van der Waals surface area contributed by atoms with Crippen molar-refractivity contribution in [1.29, 1.82) is 5.26 Å². The molecule has 0 fully saturated rings. The van der Waals surface area contributed by atoms with E-state index in [0.717, 1.165) is 0 Å². The highest BCUT2D eigenvalue weighted by molar-refractivity contribution is 5.88. The van der Waals surface area contributed by atoms with E-state index in [-0.39, 0.29) is 17.7 Å². The van der Waals surface area contributed by atoms with Gasteiger partial charge in [0.25, 0.3) is 0 Å². The summed E-state index contributed by atoms with van der Waals surface area (Å²) in [5, 5.41) is 20.6. The normalized spacial score (nSPS) is 9.80. The van der Waals surface area contributed by atoms with Crippen molar-refractivity contribution in [2.45, 2.75) is 6.54 Å². The molecule has 0 bridgehead atoms. The van der Waals surface area contributed by atoms with Crippen LogP contribution in [0.3, 0.4) is 0 Å². The second-order valence-corrected chi connectivity index (χ2v) is 3.85. The molecule has 0 radical (unpaired) electrons. The smallest absolute Gasteiger partial charge is 0.339 e. The predicted octanol–water partition coefficient (Wildman–Crippen LogP) is 1.80. The molecule has 100 valence electrons. The number of carbonyl (C=O) groups is 1. The van der Waals surface area contributed by atoms with Crippen molar-refractivity contribution in [3.05, 3.63) is 53.4 Å². The molecule has 1 heterocycles. The lowest BCUT2D eigenvalue weighted by molar-refractivity contribution is 0.0694. The SMILES string of the molecule is N#Cc1cc(NCc2ncncc2C(=O)O)ccc1F. The van der Waals surface area contributed by atoms with E-state index in [1.165, 1.54) is 30.7 Å². The van der Waals surface area contributed by atoms with Gasteiger partial charge in [0.2, 0.25) is 0 Å². The maximum Gasteiger partial charge on any atom is 0.339 e. The average Bonchev–Trinajstić information content (AvgIpc) is 2.46. The molecule has 1 aromatic heterocycles. The highest BCUT2D eigenvalue weighted by atomic mass is 19.1. The number of carboxylic acids is 1. The van der Waals surface area contributed by atoms with Gasteiger partial charge in [0, 0.05) is 11.9 Å². The van der Waals surface area contributed by atoms with Gasteiger partial charge < -0.3 is 10.4 Å². The zero-order valence-corrected chi connectivity index (χ0v) is 10.2. The van der Waals surface area contributed by atoms with Crippen molar-refractivity contribution in [3.63, 3.8) is 0 Å². The zero-order chi connectivity index (χ0) is 14.5. The fraction of sp³-hybridized carbons (Fsp3) is 0.0769. The number of aromatic carboxylic acids is 1. The second-order valence-electron chi connectivity index (χ2n) is 3.85. The van der Waals surface area contributed by atoms with Gasteiger partial charge in [0.05, 0.1) is 17.8 Å². The lowest BCUT2D eigenvalue weighted by Crippen LogP contribution is -2.10. The maximum atomic E-state index is 13.2. The zero-order valence-electron chi connectivity index (χ0n) is 10.2. The topological polar surface area (TPSA) is 98.9 Å². The third-order valence-electron chi connectivity index (χ3n) is 2.57. The number of hydrogen-bond acceptors (Lipinski definition) is 5. The highest BCUT2D eigenvalue weighted by Crippen LogP contribution is 2.15. The minimum Gasteiger partial charge on any atom is -0.478 e. The molecule has 0 aliphatic rings. The van der Waals surface area contributed by atoms with Crippen LogP contribution in [0.25, 0.3) is 0 Å². The van der Waals surface area contributed by atoms with Crippen LogP contribution >= 0.6 is 0 Å². The molecule has 2 aromatic rings. The molecule has 0 saturated heterocycles. The number of halogens is 1. The fourth-order valence-electron chi connectivity index (χ4n) is 1.58. The van der Waals surface area contributed by atoms with Gasteiger partial charge in [0.1, 0.15) is 23.8 Å². The molecular formula is C13H9FN4O2. The summed E-state index contributed by atoms with van der Waals surface area (Å²) in [6.45, 7) is 0.126. The summed E-state index contributed by atoms with van der Waals surface area (Å²) < 4.78 is 13.2. The van der Waals surface area contributed by atoms with E-state index in [1.807, 2.05) is 0 Å². The van der Waals surface area contributed by atoms with Crippen LogP contribution in [0.5, 0.6) is 0 Å². The Morgan fingerprint density at radius 2 is 2.30 bits per heavy atom. The Balaban J connectivity index is 2.17. The standard InChI is InChI=1S/C13H9FN4O2/c14-11-2-1-9(3-8(11)4-15)17-6-12-10(13(19)20)5-16-7-18-12/h1-3,5,7,17H,6H2,(H,19,20). The molecular weight excluding hydrogens is 263 g/mol. The van der Waals surface area contributed by atoms with E-state index in [4.69, 9.17) is 10.4 Å². The van der Waals surface area contributed by atoms with Crippen LogP contribution in [0.15, 0.2) is 30.7 Å². The molecule has 20 heavy (non-hydrogen) atoms. The summed E-state index contributed by atoms with van der Waals surface area (Å²) in [5.74, 6) is -1.73. The lowest BCUT2D eigenvalue weighted by Gasteiger charge is -2.08. The molecule has 0 amide bonds. The van der Waals surface area contributed by atoms with E-state index < -0.39 is 11.8 Å². The number of anilines is 1. The number of hydrogen-bond donors (Lipinski definition) is 2. The van der Waals surface area contributed by atoms with Gasteiger partial charge in [-0.3, -0.25) is 0 Å². The number of nitriles is 1. The third-order valence-corrected chi connectivity index (χ3v) is 2.57. The van der Waals surface area contributed by atoms with Crippen molar-refractivity contribution in [1.82, 2.24) is 9.97 Å². The largest absolute Gasteiger partial charge is 0.478 e. The minimum absolute atomic E-state index is 0.0115. The second kappa shape index (κ2) is 5.75. The average molecular weight is 272 g/mol. The summed E-state index contributed by atoms with van der Waals surface area (Å²) >= 11 is 0. The first kappa shape index (κ1) is 13.4. The van der Waals surface area contributed by atoms with E-state index in [9.17, 15) is 9.18 Å². The van der Waals surface area contributed by atoms with Crippen LogP contribution in [0.4, 0.5) is 10.1 Å². The van der Waals surface area contributed by atoms with Crippen molar-refractivity contribution in [2.24, 2.45) is 0 Å². The van der Waals surface area contributed by atoms with Crippen LogP contribution < -0.4 is 5.32 Å². The van der Waals surface area contributed by atoms with E-state index in [0.29, 0.717) is 11.4 Å². The Bertz CT molecular complexity index is 697. The summed E-state index contributed by atoms with van der Waals surface area (Å²) in [5.41, 5.74) is 0.701. The van der Waals surface area contributed by atoms with Gasteiger partial charge in [0.15, 0.2) is 0 Å². The van der Waals surface area contributed by atoms with E-state index in [2.05, 4.69) is 15.3 Å². The minimum atomic E-state index is -1.13. The van der Waals surface area contributed by atoms with Gasteiger partial charge in [-0.1, -0.05) is 0 Å². The van der Waals surface area contributed by atoms with E-state index in [1.54, 1.807) is 6.07 Å². The van der Waals surface area contributed by atoms with Crippen molar-refractivity contribution in [2.75, 3.05) is 5.32 Å². The summed E-state index contributed by atoms with van der Waals surface area (Å²) in [4.78, 5) is 18.5. The van der Waals surface area contributed by atoms with E-state index >= 15 is 0 Å². The number of nitrogens with one attached hydrogen (secondary N) is 1. The number of benzene rings is 1. The molecule has 2 rings (SSSR count). The van der Waals surface area contributed by atoms with Gasteiger partial charge in [-0.2, -0.15) is 5.26 Å². The number of nitrogens with zero attached hydrogens (tertiary/aromatic N) is 3. The van der Waals surface area contributed by atoms with Crippen molar-refractivity contribution < 1.29 is 14.3 Å². The van der Waals surface area contributed by atoms with Crippen LogP contribution in [0.1, 0.15) is 21.6 Å². The van der Waals surface area contributed by atoms with Crippen LogP contribution in [-0.2, 0) is 6.54 Å². The molecule has 1 aromatic carbocycles. The maximum absolute atomic E-state index is 13.2. The molecule has 2 N–H and O–H groups in total. The lowest BCUT2D eigenvalue weighted by atomic mass is 10.2. The Labute approximate surface area is 113 Å². The summed E-state index contributed by atoms with van der Waals surface area (Å²) in [7, 11) is 0.